The minimum atomic E-state index is -1.27. The molecule has 0 aliphatic rings. The summed E-state index contributed by atoms with van der Waals surface area (Å²) in [6, 6.07) is 5.93. The van der Waals surface area contributed by atoms with E-state index < -0.39 is 23.4 Å². The van der Waals surface area contributed by atoms with Gasteiger partial charge >= 0.3 is 5.97 Å². The smallest absolute Gasteiger partial charge is 0.336 e. The van der Waals surface area contributed by atoms with Crippen LogP contribution in [-0.4, -0.2) is 11.1 Å². The number of benzene rings is 2. The van der Waals surface area contributed by atoms with Crippen molar-refractivity contribution in [2.75, 3.05) is 0 Å². The Morgan fingerprint density at radius 2 is 1.67 bits per heavy atom. The van der Waals surface area contributed by atoms with E-state index in [1.165, 1.54) is 6.07 Å². The molecule has 2 aromatic rings. The lowest BCUT2D eigenvalue weighted by atomic mass is 9.99. The molecule has 0 amide bonds. The molecule has 5 heteroatoms. The van der Waals surface area contributed by atoms with Gasteiger partial charge in [0.1, 0.15) is 5.82 Å². The molecule has 0 radical (unpaired) electrons. The fraction of sp³-hybridized carbons (Fsp3) is 0. The van der Waals surface area contributed by atoms with E-state index in [-0.39, 0.29) is 16.7 Å². The highest BCUT2D eigenvalue weighted by Crippen LogP contribution is 2.26. The molecule has 0 spiro atoms. The second-order valence-electron chi connectivity index (χ2n) is 3.62. The van der Waals surface area contributed by atoms with Crippen LogP contribution in [0.5, 0.6) is 0 Å². The van der Waals surface area contributed by atoms with Gasteiger partial charge in [-0.3, -0.25) is 0 Å². The van der Waals surface area contributed by atoms with Crippen LogP contribution in [0.25, 0.3) is 11.1 Å². The normalized spacial score (nSPS) is 10.4. The number of hydrogen-bond donors (Lipinski definition) is 1. The molecule has 0 fully saturated rings. The van der Waals surface area contributed by atoms with Gasteiger partial charge in [0, 0.05) is 0 Å². The first kappa shape index (κ1) is 12.2. The van der Waals surface area contributed by atoms with Crippen LogP contribution >= 0.6 is 0 Å². The van der Waals surface area contributed by atoms with Crippen LogP contribution in [0.3, 0.4) is 0 Å². The Kier molecular flexibility index (Phi) is 3.06. The van der Waals surface area contributed by atoms with Gasteiger partial charge in [-0.1, -0.05) is 6.07 Å². The Labute approximate surface area is 100 Å². The van der Waals surface area contributed by atoms with Gasteiger partial charge in [0.2, 0.25) is 0 Å². The van der Waals surface area contributed by atoms with Gasteiger partial charge in [0.25, 0.3) is 0 Å². The van der Waals surface area contributed by atoms with Crippen molar-refractivity contribution in [3.8, 4) is 11.1 Å². The van der Waals surface area contributed by atoms with Gasteiger partial charge < -0.3 is 5.11 Å². The predicted octanol–water partition coefficient (Wildman–Crippen LogP) is 3.47. The highest BCUT2D eigenvalue weighted by Gasteiger charge is 2.14. The highest BCUT2D eigenvalue weighted by molar-refractivity contribution is 5.96. The molecule has 0 saturated heterocycles. The summed E-state index contributed by atoms with van der Waals surface area (Å²) in [6.45, 7) is 0. The molecular formula is C13H7F3O2. The number of carboxylic acid groups (broad SMARTS) is 1. The topological polar surface area (TPSA) is 37.3 Å². The van der Waals surface area contributed by atoms with Gasteiger partial charge in [-0.2, -0.15) is 0 Å². The van der Waals surface area contributed by atoms with E-state index in [9.17, 15) is 18.0 Å². The molecule has 18 heavy (non-hydrogen) atoms. The van der Waals surface area contributed by atoms with Crippen LogP contribution < -0.4 is 0 Å². The van der Waals surface area contributed by atoms with E-state index in [2.05, 4.69) is 0 Å². The van der Waals surface area contributed by atoms with E-state index in [4.69, 9.17) is 5.11 Å². The maximum absolute atomic E-state index is 13.1. The van der Waals surface area contributed by atoms with Gasteiger partial charge in [-0.25, -0.2) is 18.0 Å². The van der Waals surface area contributed by atoms with Crippen molar-refractivity contribution in [2.45, 2.75) is 0 Å². The zero-order valence-corrected chi connectivity index (χ0v) is 8.95. The SMILES string of the molecule is O=C(O)c1ccc(F)cc1-c1ccc(F)c(F)c1. The Hall–Kier alpha value is -2.30. The summed E-state index contributed by atoms with van der Waals surface area (Å²) in [5.74, 6) is -4.09. The molecule has 0 aromatic heterocycles. The number of halogens is 3. The van der Waals surface area contributed by atoms with Gasteiger partial charge in [-0.05, 0) is 41.5 Å². The third kappa shape index (κ3) is 2.20. The molecular weight excluding hydrogens is 245 g/mol. The molecule has 0 aliphatic carbocycles. The molecule has 1 N–H and O–H groups in total. The first-order valence-corrected chi connectivity index (χ1v) is 4.97. The van der Waals surface area contributed by atoms with Crippen LogP contribution in [0.15, 0.2) is 36.4 Å². The van der Waals surface area contributed by atoms with Crippen LogP contribution in [0.1, 0.15) is 10.4 Å². The molecule has 92 valence electrons. The molecule has 0 atom stereocenters. The minimum absolute atomic E-state index is 0.00130. The van der Waals surface area contributed by atoms with Crippen molar-refractivity contribution < 1.29 is 23.1 Å². The largest absolute Gasteiger partial charge is 0.478 e. The van der Waals surface area contributed by atoms with E-state index in [1.807, 2.05) is 0 Å². The zero-order chi connectivity index (χ0) is 13.3. The van der Waals surface area contributed by atoms with Gasteiger partial charge in [0.05, 0.1) is 5.56 Å². The lowest BCUT2D eigenvalue weighted by Crippen LogP contribution is -2.00. The van der Waals surface area contributed by atoms with Crippen LogP contribution in [-0.2, 0) is 0 Å². The summed E-state index contributed by atoms with van der Waals surface area (Å²) < 4.78 is 39.0. The van der Waals surface area contributed by atoms with Crippen molar-refractivity contribution in [1.29, 1.82) is 0 Å². The standard InChI is InChI=1S/C13H7F3O2/c14-8-2-3-9(13(17)18)10(6-8)7-1-4-11(15)12(16)5-7/h1-6H,(H,17,18). The molecule has 0 heterocycles. The first-order valence-electron chi connectivity index (χ1n) is 4.97. The fourth-order valence-electron chi connectivity index (χ4n) is 1.61. The predicted molar refractivity (Wildman–Crippen MR) is 58.7 cm³/mol. The third-order valence-corrected chi connectivity index (χ3v) is 2.44. The van der Waals surface area contributed by atoms with Crippen LogP contribution in [0.2, 0.25) is 0 Å². The lowest BCUT2D eigenvalue weighted by molar-refractivity contribution is 0.0697. The van der Waals surface area contributed by atoms with E-state index in [1.54, 1.807) is 0 Å². The quantitative estimate of drug-likeness (QED) is 0.888. The van der Waals surface area contributed by atoms with Crippen LogP contribution in [0.4, 0.5) is 13.2 Å². The lowest BCUT2D eigenvalue weighted by Gasteiger charge is -2.07. The summed E-state index contributed by atoms with van der Waals surface area (Å²) in [5.41, 5.74) is -0.0744. The summed E-state index contributed by atoms with van der Waals surface area (Å²) in [6.07, 6.45) is 0. The summed E-state index contributed by atoms with van der Waals surface area (Å²) in [5, 5.41) is 8.95. The second kappa shape index (κ2) is 4.52. The van der Waals surface area contributed by atoms with Crippen molar-refractivity contribution in [3.05, 3.63) is 59.4 Å². The molecule has 0 bridgehead atoms. The van der Waals surface area contributed by atoms with Gasteiger partial charge in [-0.15, -0.1) is 0 Å². The van der Waals surface area contributed by atoms with E-state index in [0.717, 1.165) is 30.3 Å². The minimum Gasteiger partial charge on any atom is -0.478 e. The highest BCUT2D eigenvalue weighted by atomic mass is 19.2. The zero-order valence-electron chi connectivity index (χ0n) is 8.95. The fourth-order valence-corrected chi connectivity index (χ4v) is 1.61. The summed E-state index contributed by atoms with van der Waals surface area (Å²) >= 11 is 0. The maximum atomic E-state index is 13.1. The van der Waals surface area contributed by atoms with Crippen molar-refractivity contribution in [2.24, 2.45) is 0 Å². The maximum Gasteiger partial charge on any atom is 0.336 e. The Bertz CT molecular complexity index is 624. The Balaban J connectivity index is 2.65. The second-order valence-corrected chi connectivity index (χ2v) is 3.62. The van der Waals surface area contributed by atoms with Crippen LogP contribution in [0, 0.1) is 17.5 Å². The monoisotopic (exact) mass is 252 g/mol. The van der Waals surface area contributed by atoms with Crippen molar-refractivity contribution >= 4 is 5.97 Å². The van der Waals surface area contributed by atoms with Gasteiger partial charge in [0.15, 0.2) is 11.6 Å². The Morgan fingerprint density at radius 1 is 0.944 bits per heavy atom. The number of aromatic carboxylic acids is 1. The molecule has 2 nitrogen and oxygen atoms in total. The molecule has 0 saturated carbocycles. The molecule has 2 aromatic carbocycles. The van der Waals surface area contributed by atoms with Crippen molar-refractivity contribution in [3.63, 3.8) is 0 Å². The third-order valence-electron chi connectivity index (χ3n) is 2.44. The number of carbonyl (C=O) groups is 1. The van der Waals surface area contributed by atoms with E-state index >= 15 is 0 Å². The first-order chi connectivity index (χ1) is 8.49. The number of rotatable bonds is 2. The number of hydrogen-bond acceptors (Lipinski definition) is 1. The number of carboxylic acids is 1. The van der Waals surface area contributed by atoms with Crippen molar-refractivity contribution in [1.82, 2.24) is 0 Å². The average Bonchev–Trinajstić information content (AvgIpc) is 2.32. The molecule has 0 unspecified atom stereocenters. The average molecular weight is 252 g/mol. The van der Waals surface area contributed by atoms with E-state index in [0.29, 0.717) is 0 Å². The molecule has 0 aliphatic heterocycles. The summed E-state index contributed by atoms with van der Waals surface area (Å²) in [4.78, 5) is 11.0. The summed E-state index contributed by atoms with van der Waals surface area (Å²) in [7, 11) is 0. The molecule has 2 rings (SSSR count). The Morgan fingerprint density at radius 3 is 2.28 bits per heavy atom.